The Labute approximate surface area is 75.7 Å². The average molecular weight is 171 g/mol. The summed E-state index contributed by atoms with van der Waals surface area (Å²) in [5.74, 6) is 0. The summed E-state index contributed by atoms with van der Waals surface area (Å²) < 4.78 is 6.00. The maximum absolute atomic E-state index is 6.00. The molecule has 72 valence electrons. The van der Waals surface area contributed by atoms with E-state index in [4.69, 9.17) is 4.74 Å². The Balaban J connectivity index is 2.30. The summed E-state index contributed by atoms with van der Waals surface area (Å²) >= 11 is 0. The van der Waals surface area contributed by atoms with Crippen molar-refractivity contribution in [3.63, 3.8) is 0 Å². The van der Waals surface area contributed by atoms with Crippen LogP contribution in [0.4, 0.5) is 0 Å². The van der Waals surface area contributed by atoms with Crippen LogP contribution in [0.1, 0.15) is 39.5 Å². The van der Waals surface area contributed by atoms with Crippen molar-refractivity contribution in [3.8, 4) is 0 Å². The maximum Gasteiger partial charge on any atom is 0.0779 e. The average Bonchev–Trinajstić information content (AvgIpc) is 1.98. The molecule has 12 heavy (non-hydrogen) atoms. The first-order valence-corrected chi connectivity index (χ1v) is 5.02. The van der Waals surface area contributed by atoms with Crippen LogP contribution in [0.25, 0.3) is 0 Å². The topological polar surface area (TPSA) is 21.3 Å². The number of ether oxygens (including phenoxy) is 1. The van der Waals surface area contributed by atoms with E-state index >= 15 is 0 Å². The van der Waals surface area contributed by atoms with Crippen molar-refractivity contribution in [2.75, 3.05) is 13.6 Å². The fourth-order valence-electron chi connectivity index (χ4n) is 1.51. The summed E-state index contributed by atoms with van der Waals surface area (Å²) in [5.41, 5.74) is 0.0554. The van der Waals surface area contributed by atoms with E-state index in [1.54, 1.807) is 0 Å². The second-order valence-corrected chi connectivity index (χ2v) is 4.00. The normalized spacial score (nSPS) is 23.2. The molecule has 1 saturated carbocycles. The Morgan fingerprint density at radius 2 is 2.17 bits per heavy atom. The van der Waals surface area contributed by atoms with Crippen LogP contribution >= 0.6 is 0 Å². The molecule has 1 atom stereocenters. The van der Waals surface area contributed by atoms with E-state index in [0.717, 1.165) is 13.0 Å². The molecular formula is C10H21NO. The van der Waals surface area contributed by atoms with Crippen LogP contribution in [0.5, 0.6) is 0 Å². The second-order valence-electron chi connectivity index (χ2n) is 4.00. The maximum atomic E-state index is 6.00. The SMILES string of the molecule is CCC(C)(CNC)OC1CCC1. The van der Waals surface area contributed by atoms with E-state index in [1.807, 2.05) is 7.05 Å². The van der Waals surface area contributed by atoms with Crippen molar-refractivity contribution in [1.29, 1.82) is 0 Å². The van der Waals surface area contributed by atoms with Crippen molar-refractivity contribution in [1.82, 2.24) is 5.32 Å². The Hall–Kier alpha value is -0.0800. The van der Waals surface area contributed by atoms with E-state index < -0.39 is 0 Å². The second kappa shape index (κ2) is 4.24. The van der Waals surface area contributed by atoms with Gasteiger partial charge in [-0.1, -0.05) is 6.92 Å². The fourth-order valence-corrected chi connectivity index (χ4v) is 1.51. The first-order chi connectivity index (χ1) is 5.70. The fraction of sp³-hybridized carbons (Fsp3) is 1.00. The highest BCUT2D eigenvalue weighted by atomic mass is 16.5. The van der Waals surface area contributed by atoms with Gasteiger partial charge in [-0.3, -0.25) is 0 Å². The van der Waals surface area contributed by atoms with Crippen LogP contribution < -0.4 is 5.32 Å². The summed E-state index contributed by atoms with van der Waals surface area (Å²) in [6.07, 6.45) is 5.51. The van der Waals surface area contributed by atoms with Gasteiger partial charge >= 0.3 is 0 Å². The molecule has 1 unspecified atom stereocenters. The predicted molar refractivity (Wildman–Crippen MR) is 51.3 cm³/mol. The minimum Gasteiger partial charge on any atom is -0.371 e. The monoisotopic (exact) mass is 171 g/mol. The molecule has 0 radical (unpaired) electrons. The zero-order valence-electron chi connectivity index (χ0n) is 8.52. The van der Waals surface area contributed by atoms with Crippen LogP contribution in [0, 0.1) is 0 Å². The molecule has 0 aromatic carbocycles. The third-order valence-electron chi connectivity index (χ3n) is 2.80. The lowest BCUT2D eigenvalue weighted by Crippen LogP contribution is -2.43. The number of hydrogen-bond acceptors (Lipinski definition) is 2. The van der Waals surface area contributed by atoms with Crippen molar-refractivity contribution in [3.05, 3.63) is 0 Å². The van der Waals surface area contributed by atoms with Crippen LogP contribution in [0.15, 0.2) is 0 Å². The summed E-state index contributed by atoms with van der Waals surface area (Å²) in [6.45, 7) is 5.35. The van der Waals surface area contributed by atoms with Gasteiger partial charge in [0.15, 0.2) is 0 Å². The molecule has 0 aromatic heterocycles. The molecule has 0 bridgehead atoms. The van der Waals surface area contributed by atoms with E-state index in [9.17, 15) is 0 Å². The first kappa shape index (κ1) is 10.0. The van der Waals surface area contributed by atoms with E-state index in [2.05, 4.69) is 19.2 Å². The highest BCUT2D eigenvalue weighted by Crippen LogP contribution is 2.28. The molecule has 0 aromatic rings. The smallest absolute Gasteiger partial charge is 0.0779 e. The molecule has 0 saturated heterocycles. The van der Waals surface area contributed by atoms with Gasteiger partial charge in [0.1, 0.15) is 0 Å². The van der Waals surface area contributed by atoms with Crippen molar-refractivity contribution in [2.45, 2.75) is 51.2 Å². The predicted octanol–water partition coefficient (Wildman–Crippen LogP) is 1.94. The Kier molecular flexibility index (Phi) is 3.53. The molecule has 1 aliphatic rings. The molecule has 0 amide bonds. The molecule has 2 nitrogen and oxygen atoms in total. The molecule has 2 heteroatoms. The van der Waals surface area contributed by atoms with Gasteiger partial charge in [0, 0.05) is 6.54 Å². The van der Waals surface area contributed by atoms with Crippen molar-refractivity contribution < 1.29 is 4.74 Å². The summed E-state index contributed by atoms with van der Waals surface area (Å²) in [7, 11) is 1.98. The number of hydrogen-bond donors (Lipinski definition) is 1. The van der Waals surface area contributed by atoms with Gasteiger partial charge in [0.2, 0.25) is 0 Å². The minimum absolute atomic E-state index is 0.0554. The van der Waals surface area contributed by atoms with Crippen molar-refractivity contribution >= 4 is 0 Å². The van der Waals surface area contributed by atoms with Gasteiger partial charge in [-0.25, -0.2) is 0 Å². The lowest BCUT2D eigenvalue weighted by molar-refractivity contribution is -0.111. The van der Waals surface area contributed by atoms with E-state index in [-0.39, 0.29) is 5.60 Å². The standard InChI is InChI=1S/C10H21NO/c1-4-10(2,8-11-3)12-9-6-5-7-9/h9,11H,4-8H2,1-3H3. The summed E-state index contributed by atoms with van der Waals surface area (Å²) in [4.78, 5) is 0. The Bertz CT molecular complexity index is 134. The molecule has 1 rings (SSSR count). The van der Waals surface area contributed by atoms with Gasteiger partial charge in [-0.15, -0.1) is 0 Å². The van der Waals surface area contributed by atoms with Gasteiger partial charge in [0.25, 0.3) is 0 Å². The zero-order chi connectivity index (χ0) is 9.03. The summed E-state index contributed by atoms with van der Waals surface area (Å²) in [6, 6.07) is 0. The van der Waals surface area contributed by atoms with E-state index in [0.29, 0.717) is 6.10 Å². The van der Waals surface area contributed by atoms with Crippen LogP contribution in [0.2, 0.25) is 0 Å². The van der Waals surface area contributed by atoms with Gasteiger partial charge < -0.3 is 10.1 Å². The largest absolute Gasteiger partial charge is 0.371 e. The van der Waals surface area contributed by atoms with E-state index in [1.165, 1.54) is 19.3 Å². The van der Waals surface area contributed by atoms with Gasteiger partial charge in [0.05, 0.1) is 11.7 Å². The quantitative estimate of drug-likeness (QED) is 0.682. The highest BCUT2D eigenvalue weighted by Gasteiger charge is 2.29. The lowest BCUT2D eigenvalue weighted by atomic mass is 9.94. The molecular weight excluding hydrogens is 150 g/mol. The number of rotatable bonds is 5. The molecule has 0 spiro atoms. The number of likely N-dealkylation sites (N-methyl/N-ethyl adjacent to an activating group) is 1. The highest BCUT2D eigenvalue weighted by molar-refractivity contribution is 4.80. The molecule has 1 fully saturated rings. The minimum atomic E-state index is 0.0554. The molecule has 1 N–H and O–H groups in total. The summed E-state index contributed by atoms with van der Waals surface area (Å²) in [5, 5.41) is 3.19. The van der Waals surface area contributed by atoms with Crippen LogP contribution in [0.3, 0.4) is 0 Å². The zero-order valence-corrected chi connectivity index (χ0v) is 8.52. The number of nitrogens with one attached hydrogen (secondary N) is 1. The third kappa shape index (κ3) is 2.46. The Morgan fingerprint density at radius 1 is 1.50 bits per heavy atom. The molecule has 1 aliphatic carbocycles. The molecule has 0 heterocycles. The van der Waals surface area contributed by atoms with Crippen LogP contribution in [-0.2, 0) is 4.74 Å². The Morgan fingerprint density at radius 3 is 2.50 bits per heavy atom. The molecule has 0 aliphatic heterocycles. The van der Waals surface area contributed by atoms with Gasteiger partial charge in [-0.2, -0.15) is 0 Å². The first-order valence-electron chi connectivity index (χ1n) is 5.02. The third-order valence-corrected chi connectivity index (χ3v) is 2.80. The lowest BCUT2D eigenvalue weighted by Gasteiger charge is -2.37. The van der Waals surface area contributed by atoms with Crippen molar-refractivity contribution in [2.24, 2.45) is 0 Å². The van der Waals surface area contributed by atoms with Crippen LogP contribution in [-0.4, -0.2) is 25.3 Å². The van der Waals surface area contributed by atoms with Gasteiger partial charge in [-0.05, 0) is 39.7 Å².